The summed E-state index contributed by atoms with van der Waals surface area (Å²) < 4.78 is 39.1. The minimum atomic E-state index is -4.49. The van der Waals surface area contributed by atoms with Crippen LogP contribution in [0.3, 0.4) is 0 Å². The third-order valence-electron chi connectivity index (χ3n) is 4.96. The average Bonchev–Trinajstić information content (AvgIpc) is 2.56. The molecule has 1 saturated heterocycles. The zero-order valence-electron chi connectivity index (χ0n) is 17.3. The maximum atomic E-state index is 13.0. The van der Waals surface area contributed by atoms with E-state index in [0.29, 0.717) is 5.82 Å². The predicted octanol–water partition coefficient (Wildman–Crippen LogP) is 5.20. The standard InChI is InChI=1S/C20H26ClF3N6/c1-18(2)8-12(9-19(3,4)30-18)28-16-15(25)17(27-10-26-16)29-14-7-11(20(22,23)24)5-6-13(14)21/h5-7,10,12,30H,8-9,25H2,1-4H3,(H2,26,27,28,29). The highest BCUT2D eigenvalue weighted by Crippen LogP contribution is 2.37. The second-order valence-electron chi connectivity index (χ2n) is 8.94. The second kappa shape index (κ2) is 7.77. The molecule has 1 aromatic carbocycles. The molecule has 30 heavy (non-hydrogen) atoms. The Bertz CT molecular complexity index is 913. The molecule has 2 aromatic rings. The van der Waals surface area contributed by atoms with Crippen molar-refractivity contribution in [2.45, 2.75) is 63.8 Å². The summed E-state index contributed by atoms with van der Waals surface area (Å²) >= 11 is 6.07. The van der Waals surface area contributed by atoms with Crippen molar-refractivity contribution in [1.29, 1.82) is 0 Å². The number of aromatic nitrogens is 2. The highest BCUT2D eigenvalue weighted by atomic mass is 35.5. The molecule has 0 aliphatic carbocycles. The largest absolute Gasteiger partial charge is 0.416 e. The molecule has 2 heterocycles. The summed E-state index contributed by atoms with van der Waals surface area (Å²) in [5.74, 6) is 0.607. The van der Waals surface area contributed by atoms with Crippen LogP contribution in [0.25, 0.3) is 0 Å². The van der Waals surface area contributed by atoms with Gasteiger partial charge in [0, 0.05) is 17.1 Å². The zero-order chi connectivity index (χ0) is 22.3. The molecule has 164 valence electrons. The third-order valence-corrected chi connectivity index (χ3v) is 5.29. The number of hydrogen-bond acceptors (Lipinski definition) is 6. The van der Waals surface area contributed by atoms with E-state index in [0.717, 1.165) is 25.0 Å². The molecule has 3 rings (SSSR count). The van der Waals surface area contributed by atoms with Crippen LogP contribution in [-0.2, 0) is 6.18 Å². The predicted molar refractivity (Wildman–Crippen MR) is 114 cm³/mol. The summed E-state index contributed by atoms with van der Waals surface area (Å²) in [6.45, 7) is 8.53. The molecule has 5 N–H and O–H groups in total. The van der Waals surface area contributed by atoms with Crippen LogP contribution in [0.1, 0.15) is 46.1 Å². The van der Waals surface area contributed by atoms with E-state index < -0.39 is 11.7 Å². The van der Waals surface area contributed by atoms with E-state index in [1.807, 2.05) is 0 Å². The number of nitrogens with zero attached hydrogens (tertiary/aromatic N) is 2. The lowest BCUT2D eigenvalue weighted by Gasteiger charge is -2.46. The molecule has 10 heteroatoms. The molecule has 0 atom stereocenters. The van der Waals surface area contributed by atoms with Crippen LogP contribution in [0.4, 0.5) is 36.2 Å². The highest BCUT2D eigenvalue weighted by molar-refractivity contribution is 6.33. The van der Waals surface area contributed by atoms with Gasteiger partial charge in [0.25, 0.3) is 0 Å². The number of anilines is 4. The van der Waals surface area contributed by atoms with Crippen molar-refractivity contribution in [3.8, 4) is 0 Å². The lowest BCUT2D eigenvalue weighted by atomic mass is 9.79. The Balaban J connectivity index is 1.84. The maximum Gasteiger partial charge on any atom is 0.416 e. The first-order chi connectivity index (χ1) is 13.8. The molecule has 1 aromatic heterocycles. The Hall–Kier alpha value is -2.26. The van der Waals surface area contributed by atoms with Crippen LogP contribution in [0.15, 0.2) is 24.5 Å². The number of rotatable bonds is 4. The van der Waals surface area contributed by atoms with Gasteiger partial charge in [0.1, 0.15) is 12.0 Å². The Morgan fingerprint density at radius 2 is 1.70 bits per heavy atom. The molecule has 0 saturated carbocycles. The fourth-order valence-electron chi connectivity index (χ4n) is 4.15. The highest BCUT2D eigenvalue weighted by Gasteiger charge is 2.38. The number of benzene rings is 1. The van der Waals surface area contributed by atoms with Crippen molar-refractivity contribution < 1.29 is 13.2 Å². The SMILES string of the molecule is CC1(C)CC(Nc2ncnc(Nc3cc(C(F)(F)F)ccc3Cl)c2N)CC(C)(C)N1. The van der Waals surface area contributed by atoms with Crippen LogP contribution in [0.2, 0.25) is 5.02 Å². The monoisotopic (exact) mass is 442 g/mol. The van der Waals surface area contributed by atoms with Crippen LogP contribution in [0.5, 0.6) is 0 Å². The summed E-state index contributed by atoms with van der Waals surface area (Å²) in [4.78, 5) is 8.31. The lowest BCUT2D eigenvalue weighted by Crippen LogP contribution is -2.60. The summed E-state index contributed by atoms with van der Waals surface area (Å²) in [5, 5.41) is 9.90. The van der Waals surface area contributed by atoms with Crippen LogP contribution in [-0.4, -0.2) is 27.1 Å². The molecule has 0 unspecified atom stereocenters. The fourth-order valence-corrected chi connectivity index (χ4v) is 4.32. The van der Waals surface area contributed by atoms with E-state index in [1.54, 1.807) is 0 Å². The van der Waals surface area contributed by atoms with Gasteiger partial charge in [-0.05, 0) is 58.7 Å². The van der Waals surface area contributed by atoms with Gasteiger partial charge in [-0.3, -0.25) is 0 Å². The molecule has 0 bridgehead atoms. The van der Waals surface area contributed by atoms with Crippen molar-refractivity contribution in [2.24, 2.45) is 0 Å². The van der Waals surface area contributed by atoms with Crippen LogP contribution in [0, 0.1) is 0 Å². The molecule has 1 fully saturated rings. The second-order valence-corrected chi connectivity index (χ2v) is 9.35. The summed E-state index contributed by atoms with van der Waals surface area (Å²) in [7, 11) is 0. The van der Waals surface area contributed by atoms with E-state index in [4.69, 9.17) is 17.3 Å². The Morgan fingerprint density at radius 3 is 2.30 bits per heavy atom. The van der Waals surface area contributed by atoms with E-state index in [9.17, 15) is 13.2 Å². The number of piperidine rings is 1. The van der Waals surface area contributed by atoms with Gasteiger partial charge in [-0.2, -0.15) is 13.2 Å². The summed E-state index contributed by atoms with van der Waals surface area (Å²) in [6.07, 6.45) is -1.48. The first kappa shape index (κ1) is 22.4. The van der Waals surface area contributed by atoms with Crippen molar-refractivity contribution in [3.63, 3.8) is 0 Å². The van der Waals surface area contributed by atoms with Gasteiger partial charge in [0.2, 0.25) is 0 Å². The first-order valence-electron chi connectivity index (χ1n) is 9.56. The van der Waals surface area contributed by atoms with E-state index >= 15 is 0 Å². The summed E-state index contributed by atoms with van der Waals surface area (Å²) in [5.41, 5.74) is 5.53. The Labute approximate surface area is 178 Å². The van der Waals surface area contributed by atoms with Gasteiger partial charge in [-0.25, -0.2) is 9.97 Å². The third kappa shape index (κ3) is 5.26. The number of hydrogen-bond donors (Lipinski definition) is 4. The smallest absolute Gasteiger partial charge is 0.393 e. The van der Waals surface area contributed by atoms with Crippen molar-refractivity contribution in [1.82, 2.24) is 15.3 Å². The number of nitrogens with two attached hydrogens (primary N) is 1. The van der Waals surface area contributed by atoms with Crippen molar-refractivity contribution in [2.75, 3.05) is 16.4 Å². The quantitative estimate of drug-likeness (QED) is 0.520. The number of nitrogens with one attached hydrogen (secondary N) is 3. The van der Waals surface area contributed by atoms with E-state index in [2.05, 4.69) is 53.6 Å². The lowest BCUT2D eigenvalue weighted by molar-refractivity contribution is -0.137. The molecule has 0 radical (unpaired) electrons. The maximum absolute atomic E-state index is 13.0. The van der Waals surface area contributed by atoms with Crippen LogP contribution < -0.4 is 21.7 Å². The normalized spacial score (nSPS) is 18.8. The fraction of sp³-hybridized carbons (Fsp3) is 0.500. The molecular weight excluding hydrogens is 417 g/mol. The number of halogens is 4. The van der Waals surface area contributed by atoms with Gasteiger partial charge in [-0.1, -0.05) is 11.6 Å². The van der Waals surface area contributed by atoms with E-state index in [-0.39, 0.29) is 39.3 Å². The molecule has 1 aliphatic heterocycles. The molecule has 0 spiro atoms. The number of alkyl halides is 3. The van der Waals surface area contributed by atoms with Gasteiger partial charge in [0.05, 0.1) is 16.3 Å². The topological polar surface area (TPSA) is 87.9 Å². The molecular formula is C20H26ClF3N6. The minimum absolute atomic E-state index is 0.0620. The van der Waals surface area contributed by atoms with Gasteiger partial charge in [-0.15, -0.1) is 0 Å². The Morgan fingerprint density at radius 1 is 1.10 bits per heavy atom. The van der Waals surface area contributed by atoms with Gasteiger partial charge in [0.15, 0.2) is 11.6 Å². The minimum Gasteiger partial charge on any atom is -0.393 e. The van der Waals surface area contributed by atoms with Crippen molar-refractivity contribution >= 4 is 34.6 Å². The zero-order valence-corrected chi connectivity index (χ0v) is 18.0. The summed E-state index contributed by atoms with van der Waals surface area (Å²) in [6, 6.07) is 3.14. The molecule has 1 aliphatic rings. The van der Waals surface area contributed by atoms with Gasteiger partial charge >= 0.3 is 6.18 Å². The van der Waals surface area contributed by atoms with Crippen molar-refractivity contribution in [3.05, 3.63) is 35.1 Å². The van der Waals surface area contributed by atoms with Gasteiger partial charge < -0.3 is 21.7 Å². The molecule has 0 amide bonds. The molecule has 6 nitrogen and oxygen atoms in total. The van der Waals surface area contributed by atoms with E-state index in [1.165, 1.54) is 12.4 Å². The number of nitrogen functional groups attached to an aromatic ring is 1. The van der Waals surface area contributed by atoms with Crippen LogP contribution >= 0.6 is 11.6 Å². The first-order valence-corrected chi connectivity index (χ1v) is 9.94. The average molecular weight is 443 g/mol. The Kier molecular flexibility index (Phi) is 5.81.